The fourth-order valence-corrected chi connectivity index (χ4v) is 3.20. The molecule has 114 valence electrons. The summed E-state index contributed by atoms with van der Waals surface area (Å²) in [5.41, 5.74) is 0. The molecule has 0 fully saturated rings. The maximum absolute atomic E-state index is 11.9. The van der Waals surface area contributed by atoms with E-state index in [2.05, 4.69) is 10.0 Å². The van der Waals surface area contributed by atoms with Crippen molar-refractivity contribution in [3.05, 3.63) is 0 Å². The van der Waals surface area contributed by atoms with Gasteiger partial charge in [-0.15, -0.1) is 0 Å². The Morgan fingerprint density at radius 1 is 1.26 bits per heavy atom. The Morgan fingerprint density at radius 3 is 2.26 bits per heavy atom. The number of sulfonamides is 1. The van der Waals surface area contributed by atoms with Crippen molar-refractivity contribution in [2.24, 2.45) is 5.92 Å². The lowest BCUT2D eigenvalue weighted by atomic mass is 10.1. The summed E-state index contributed by atoms with van der Waals surface area (Å²) in [4.78, 5) is 11.5. The highest BCUT2D eigenvalue weighted by atomic mass is 32.2. The van der Waals surface area contributed by atoms with Gasteiger partial charge in [-0.05, 0) is 26.2 Å². The van der Waals surface area contributed by atoms with Crippen molar-refractivity contribution in [2.45, 2.75) is 46.3 Å². The number of methoxy groups -OCH3 is 1. The number of hydrogen-bond acceptors (Lipinski definition) is 4. The summed E-state index contributed by atoms with van der Waals surface area (Å²) in [6.45, 7) is 7.78. The number of nitrogens with one attached hydrogen (secondary N) is 2. The van der Waals surface area contributed by atoms with E-state index in [9.17, 15) is 13.2 Å². The minimum Gasteiger partial charge on any atom is -0.380 e. The van der Waals surface area contributed by atoms with Crippen LogP contribution in [-0.4, -0.2) is 45.9 Å². The van der Waals surface area contributed by atoms with Crippen LogP contribution in [-0.2, 0) is 19.6 Å². The lowest BCUT2D eigenvalue weighted by Crippen LogP contribution is -2.46. The summed E-state index contributed by atoms with van der Waals surface area (Å²) in [5, 5.41) is 2.57. The van der Waals surface area contributed by atoms with Gasteiger partial charge in [0.05, 0.1) is 17.9 Å². The van der Waals surface area contributed by atoms with Crippen molar-refractivity contribution in [1.29, 1.82) is 0 Å². The average Bonchev–Trinajstić information content (AvgIpc) is 2.26. The van der Waals surface area contributed by atoms with Crippen LogP contribution in [0.25, 0.3) is 0 Å². The maximum Gasteiger partial charge on any atom is 0.237 e. The molecule has 0 aliphatic rings. The summed E-state index contributed by atoms with van der Waals surface area (Å²) in [5.74, 6) is -0.115. The predicted octanol–water partition coefficient (Wildman–Crippen LogP) is 0.492. The van der Waals surface area contributed by atoms with Gasteiger partial charge >= 0.3 is 0 Å². The van der Waals surface area contributed by atoms with Crippen LogP contribution in [0.2, 0.25) is 0 Å². The summed E-state index contributed by atoms with van der Waals surface area (Å²) in [7, 11) is -2.04. The quantitative estimate of drug-likeness (QED) is 0.648. The van der Waals surface area contributed by atoms with E-state index in [1.807, 2.05) is 13.8 Å². The third kappa shape index (κ3) is 8.18. The normalized spacial score (nSPS) is 15.3. The molecule has 0 radical (unpaired) electrons. The molecule has 2 atom stereocenters. The second-order valence-electron chi connectivity index (χ2n) is 5.00. The van der Waals surface area contributed by atoms with Crippen LogP contribution in [0.5, 0.6) is 0 Å². The molecule has 0 aromatic rings. The Labute approximate surface area is 116 Å². The lowest BCUT2D eigenvalue weighted by molar-refractivity contribution is -0.122. The fraction of sp³-hybridized carbons (Fsp3) is 0.917. The third-order valence-corrected chi connectivity index (χ3v) is 4.10. The molecular formula is C12H26N2O4S. The fourth-order valence-electron chi connectivity index (χ4n) is 1.70. The molecule has 7 heteroatoms. The van der Waals surface area contributed by atoms with Gasteiger partial charge in [0.2, 0.25) is 15.9 Å². The highest BCUT2D eigenvalue weighted by Gasteiger charge is 2.24. The number of carbonyl (C=O) groups is 1. The summed E-state index contributed by atoms with van der Waals surface area (Å²) in [6, 6.07) is -0.776. The summed E-state index contributed by atoms with van der Waals surface area (Å²) < 4.78 is 31.4. The highest BCUT2D eigenvalue weighted by molar-refractivity contribution is 7.89. The zero-order valence-electron chi connectivity index (χ0n) is 12.4. The van der Waals surface area contributed by atoms with E-state index in [-0.39, 0.29) is 17.8 Å². The van der Waals surface area contributed by atoms with Crippen LogP contribution in [0, 0.1) is 5.92 Å². The number of carbonyl (C=O) groups excluding carboxylic acids is 1. The van der Waals surface area contributed by atoms with Crippen LogP contribution in [0.1, 0.15) is 34.1 Å². The smallest absolute Gasteiger partial charge is 0.237 e. The molecule has 0 spiro atoms. The molecule has 1 amide bonds. The Kier molecular flexibility index (Phi) is 8.20. The molecule has 0 unspecified atom stereocenters. The number of amides is 1. The SMILES string of the molecule is CCNC(=O)[C@@H](C)NS(=O)(=O)C[C@@H](CC(C)C)OC. The van der Waals surface area contributed by atoms with E-state index >= 15 is 0 Å². The van der Waals surface area contributed by atoms with E-state index in [1.165, 1.54) is 14.0 Å². The first-order valence-electron chi connectivity index (χ1n) is 6.52. The maximum atomic E-state index is 11.9. The van der Waals surface area contributed by atoms with Crippen molar-refractivity contribution in [3.8, 4) is 0 Å². The van der Waals surface area contributed by atoms with Gasteiger partial charge in [0.25, 0.3) is 0 Å². The standard InChI is InChI=1S/C12H26N2O4S/c1-6-13-12(15)10(4)14-19(16,17)8-11(18-5)7-9(2)3/h9-11,14H,6-8H2,1-5H3,(H,13,15)/t10-,11-/m1/s1. The highest BCUT2D eigenvalue weighted by Crippen LogP contribution is 2.09. The molecule has 6 nitrogen and oxygen atoms in total. The lowest BCUT2D eigenvalue weighted by Gasteiger charge is -2.19. The van der Waals surface area contributed by atoms with E-state index in [4.69, 9.17) is 4.74 Å². The predicted molar refractivity (Wildman–Crippen MR) is 75.3 cm³/mol. The van der Waals surface area contributed by atoms with Crippen molar-refractivity contribution in [2.75, 3.05) is 19.4 Å². The molecule has 0 aromatic heterocycles. The largest absolute Gasteiger partial charge is 0.380 e. The van der Waals surface area contributed by atoms with Gasteiger partial charge in [0.1, 0.15) is 0 Å². The van der Waals surface area contributed by atoms with Gasteiger partial charge in [-0.2, -0.15) is 0 Å². The minimum absolute atomic E-state index is 0.134. The number of rotatable bonds is 9. The number of ether oxygens (including phenoxy) is 1. The second kappa shape index (κ2) is 8.50. The molecular weight excluding hydrogens is 268 g/mol. The minimum atomic E-state index is -3.54. The van der Waals surface area contributed by atoms with Crippen LogP contribution < -0.4 is 10.0 Å². The van der Waals surface area contributed by atoms with Crippen LogP contribution in [0.15, 0.2) is 0 Å². The first-order chi connectivity index (χ1) is 8.71. The van der Waals surface area contributed by atoms with Crippen molar-refractivity contribution in [3.63, 3.8) is 0 Å². The summed E-state index contributed by atoms with van der Waals surface area (Å²) >= 11 is 0. The van der Waals surface area contributed by atoms with Gasteiger partial charge in [-0.25, -0.2) is 13.1 Å². The van der Waals surface area contributed by atoms with Crippen LogP contribution >= 0.6 is 0 Å². The Hall–Kier alpha value is -0.660. The van der Waals surface area contributed by atoms with Gasteiger partial charge in [-0.3, -0.25) is 4.79 Å². The molecule has 0 rings (SSSR count). The zero-order chi connectivity index (χ0) is 15.1. The van der Waals surface area contributed by atoms with E-state index < -0.39 is 16.1 Å². The Bertz CT molecular complexity index is 368. The van der Waals surface area contributed by atoms with Crippen molar-refractivity contribution < 1.29 is 17.9 Å². The third-order valence-electron chi connectivity index (χ3n) is 2.57. The van der Waals surface area contributed by atoms with E-state index in [1.54, 1.807) is 6.92 Å². The molecule has 0 aliphatic heterocycles. The first kappa shape index (κ1) is 18.3. The second-order valence-corrected chi connectivity index (χ2v) is 6.80. The number of likely N-dealkylation sites (N-methyl/N-ethyl adjacent to an activating group) is 1. The van der Waals surface area contributed by atoms with Gasteiger partial charge < -0.3 is 10.1 Å². The Balaban J connectivity index is 4.49. The van der Waals surface area contributed by atoms with Gasteiger partial charge in [0.15, 0.2) is 0 Å². The average molecular weight is 294 g/mol. The number of hydrogen-bond donors (Lipinski definition) is 2. The van der Waals surface area contributed by atoms with E-state index in [0.29, 0.717) is 18.9 Å². The van der Waals surface area contributed by atoms with Crippen LogP contribution in [0.4, 0.5) is 0 Å². The van der Waals surface area contributed by atoms with Crippen molar-refractivity contribution >= 4 is 15.9 Å². The molecule has 0 saturated heterocycles. The molecule has 19 heavy (non-hydrogen) atoms. The molecule has 0 aliphatic carbocycles. The first-order valence-corrected chi connectivity index (χ1v) is 8.17. The topological polar surface area (TPSA) is 84.5 Å². The molecule has 2 N–H and O–H groups in total. The Morgan fingerprint density at radius 2 is 1.84 bits per heavy atom. The van der Waals surface area contributed by atoms with Crippen LogP contribution in [0.3, 0.4) is 0 Å². The molecule has 0 heterocycles. The molecule has 0 bridgehead atoms. The van der Waals surface area contributed by atoms with Crippen molar-refractivity contribution in [1.82, 2.24) is 10.0 Å². The monoisotopic (exact) mass is 294 g/mol. The zero-order valence-corrected chi connectivity index (χ0v) is 13.2. The molecule has 0 aromatic carbocycles. The van der Waals surface area contributed by atoms with E-state index in [0.717, 1.165) is 0 Å². The van der Waals surface area contributed by atoms with Gasteiger partial charge in [0, 0.05) is 13.7 Å². The molecule has 0 saturated carbocycles. The van der Waals surface area contributed by atoms with Gasteiger partial charge in [-0.1, -0.05) is 13.8 Å². The summed E-state index contributed by atoms with van der Waals surface area (Å²) in [6.07, 6.45) is 0.298.